The first kappa shape index (κ1) is 16.1. The molecule has 1 atom stereocenters. The Morgan fingerprint density at radius 2 is 2.00 bits per heavy atom. The van der Waals surface area contributed by atoms with Crippen molar-refractivity contribution < 1.29 is 5.11 Å². The Bertz CT molecular complexity index is 422. The van der Waals surface area contributed by atoms with E-state index in [1.54, 1.807) is 18.2 Å². The molecule has 1 fully saturated rings. The molecule has 5 heteroatoms. The van der Waals surface area contributed by atoms with Gasteiger partial charge in [0.05, 0.1) is 6.10 Å². The van der Waals surface area contributed by atoms with E-state index in [2.05, 4.69) is 10.2 Å². The fourth-order valence-corrected chi connectivity index (χ4v) is 2.98. The number of rotatable bonds is 7. The van der Waals surface area contributed by atoms with Gasteiger partial charge in [-0.05, 0) is 63.6 Å². The third-order valence-corrected chi connectivity index (χ3v) is 4.26. The first-order valence-corrected chi connectivity index (χ1v) is 7.98. The van der Waals surface area contributed by atoms with Crippen molar-refractivity contribution in [2.24, 2.45) is 0 Å². The number of halogens is 2. The second-order valence-corrected chi connectivity index (χ2v) is 6.13. The molecule has 1 aromatic carbocycles. The second kappa shape index (κ2) is 8.20. The first-order valence-electron chi connectivity index (χ1n) is 7.23. The Labute approximate surface area is 130 Å². The van der Waals surface area contributed by atoms with E-state index in [0.29, 0.717) is 22.2 Å². The van der Waals surface area contributed by atoms with Gasteiger partial charge in [-0.15, -0.1) is 0 Å². The van der Waals surface area contributed by atoms with Gasteiger partial charge in [0.25, 0.3) is 0 Å². The molecule has 0 bridgehead atoms. The summed E-state index contributed by atoms with van der Waals surface area (Å²) >= 11 is 12.0. The number of aliphatic hydroxyl groups is 1. The van der Waals surface area contributed by atoms with Crippen LogP contribution in [0.2, 0.25) is 10.0 Å². The Morgan fingerprint density at radius 3 is 2.75 bits per heavy atom. The van der Waals surface area contributed by atoms with Gasteiger partial charge in [0.1, 0.15) is 0 Å². The fraction of sp³-hybridized carbons (Fsp3) is 0.600. The zero-order valence-electron chi connectivity index (χ0n) is 11.6. The van der Waals surface area contributed by atoms with Crippen LogP contribution < -0.4 is 5.32 Å². The van der Waals surface area contributed by atoms with Gasteiger partial charge >= 0.3 is 0 Å². The molecule has 1 aromatic rings. The molecule has 1 aliphatic heterocycles. The van der Waals surface area contributed by atoms with Crippen LogP contribution in [-0.2, 0) is 0 Å². The minimum Gasteiger partial charge on any atom is -0.387 e. The van der Waals surface area contributed by atoms with Crippen molar-refractivity contribution in [2.75, 3.05) is 32.7 Å². The minimum atomic E-state index is -0.618. The Morgan fingerprint density at radius 1 is 1.25 bits per heavy atom. The van der Waals surface area contributed by atoms with Gasteiger partial charge in [0, 0.05) is 22.2 Å². The van der Waals surface area contributed by atoms with E-state index in [9.17, 15) is 5.11 Å². The number of likely N-dealkylation sites (tertiary alicyclic amines) is 1. The van der Waals surface area contributed by atoms with E-state index >= 15 is 0 Å². The molecule has 3 nitrogen and oxygen atoms in total. The fourth-order valence-electron chi connectivity index (χ4n) is 2.55. The predicted octanol–water partition coefficient (Wildman–Crippen LogP) is 3.10. The van der Waals surface area contributed by atoms with Crippen LogP contribution in [0.1, 0.15) is 30.9 Å². The summed E-state index contributed by atoms with van der Waals surface area (Å²) in [5.74, 6) is 0. The molecule has 1 aliphatic rings. The minimum absolute atomic E-state index is 0.500. The smallest absolute Gasteiger partial charge is 0.0929 e. The molecule has 0 saturated carbocycles. The van der Waals surface area contributed by atoms with E-state index in [0.717, 1.165) is 19.5 Å². The van der Waals surface area contributed by atoms with E-state index in [1.807, 2.05) is 0 Å². The third kappa shape index (κ3) is 4.90. The van der Waals surface area contributed by atoms with Gasteiger partial charge in [0.2, 0.25) is 0 Å². The Kier molecular flexibility index (Phi) is 6.59. The van der Waals surface area contributed by atoms with Crippen molar-refractivity contribution in [2.45, 2.75) is 25.4 Å². The molecular weight excluding hydrogens is 295 g/mol. The molecule has 112 valence electrons. The van der Waals surface area contributed by atoms with Gasteiger partial charge < -0.3 is 15.3 Å². The number of hydrogen-bond donors (Lipinski definition) is 2. The summed E-state index contributed by atoms with van der Waals surface area (Å²) in [4.78, 5) is 2.49. The molecule has 0 aliphatic carbocycles. The highest BCUT2D eigenvalue weighted by Gasteiger charge is 2.13. The highest BCUT2D eigenvalue weighted by molar-refractivity contribution is 6.33. The number of benzene rings is 1. The lowest BCUT2D eigenvalue weighted by Gasteiger charge is -2.16. The number of nitrogens with one attached hydrogen (secondary N) is 1. The molecule has 0 amide bonds. The van der Waals surface area contributed by atoms with E-state index in [-0.39, 0.29) is 0 Å². The van der Waals surface area contributed by atoms with Crippen LogP contribution >= 0.6 is 23.2 Å². The zero-order chi connectivity index (χ0) is 14.4. The zero-order valence-corrected chi connectivity index (χ0v) is 13.1. The average molecular weight is 317 g/mol. The largest absolute Gasteiger partial charge is 0.387 e. The lowest BCUT2D eigenvalue weighted by Crippen LogP contribution is -2.27. The van der Waals surface area contributed by atoms with Crippen LogP contribution in [0.3, 0.4) is 0 Å². The average Bonchev–Trinajstić information content (AvgIpc) is 2.94. The molecule has 0 spiro atoms. The molecule has 20 heavy (non-hydrogen) atoms. The van der Waals surface area contributed by atoms with Crippen molar-refractivity contribution in [3.8, 4) is 0 Å². The summed E-state index contributed by atoms with van der Waals surface area (Å²) in [7, 11) is 0. The number of nitrogens with zero attached hydrogens (tertiary/aromatic N) is 1. The maximum Gasteiger partial charge on any atom is 0.0929 e. The van der Waals surface area contributed by atoms with Crippen LogP contribution in [0.4, 0.5) is 0 Å². The molecule has 0 aromatic heterocycles. The number of aliphatic hydroxyl groups excluding tert-OH is 1. The van der Waals surface area contributed by atoms with Crippen molar-refractivity contribution in [3.63, 3.8) is 0 Å². The van der Waals surface area contributed by atoms with Crippen molar-refractivity contribution in [1.29, 1.82) is 0 Å². The van der Waals surface area contributed by atoms with Crippen molar-refractivity contribution in [1.82, 2.24) is 10.2 Å². The lowest BCUT2D eigenvalue weighted by atomic mass is 10.1. The summed E-state index contributed by atoms with van der Waals surface area (Å²) in [6.45, 7) is 5.02. The third-order valence-electron chi connectivity index (χ3n) is 3.68. The monoisotopic (exact) mass is 316 g/mol. The van der Waals surface area contributed by atoms with Crippen LogP contribution in [0.25, 0.3) is 0 Å². The van der Waals surface area contributed by atoms with Crippen LogP contribution in [-0.4, -0.2) is 42.7 Å². The van der Waals surface area contributed by atoms with Crippen LogP contribution in [0, 0.1) is 0 Å². The second-order valence-electron chi connectivity index (χ2n) is 5.29. The summed E-state index contributed by atoms with van der Waals surface area (Å²) in [5.41, 5.74) is 0.686. The SMILES string of the molecule is OC(CNCCCN1CCCC1)c1cc(Cl)ccc1Cl. The van der Waals surface area contributed by atoms with Crippen LogP contribution in [0.15, 0.2) is 18.2 Å². The molecule has 1 heterocycles. The summed E-state index contributed by atoms with van der Waals surface area (Å²) in [6.07, 6.45) is 3.16. The van der Waals surface area contributed by atoms with Gasteiger partial charge in [-0.3, -0.25) is 0 Å². The van der Waals surface area contributed by atoms with Crippen LogP contribution in [0.5, 0.6) is 0 Å². The van der Waals surface area contributed by atoms with Gasteiger partial charge in [-0.2, -0.15) is 0 Å². The van der Waals surface area contributed by atoms with Gasteiger partial charge in [-0.25, -0.2) is 0 Å². The Balaban J connectivity index is 1.66. The first-order chi connectivity index (χ1) is 9.66. The van der Waals surface area contributed by atoms with Crippen molar-refractivity contribution >= 4 is 23.2 Å². The molecule has 2 rings (SSSR count). The van der Waals surface area contributed by atoms with E-state index in [1.165, 1.54) is 25.9 Å². The number of hydrogen-bond acceptors (Lipinski definition) is 3. The topological polar surface area (TPSA) is 35.5 Å². The molecular formula is C15H22Cl2N2O. The highest BCUT2D eigenvalue weighted by Crippen LogP contribution is 2.25. The quantitative estimate of drug-likeness (QED) is 0.759. The maximum atomic E-state index is 10.1. The maximum absolute atomic E-state index is 10.1. The molecule has 1 unspecified atom stereocenters. The summed E-state index contributed by atoms with van der Waals surface area (Å²) < 4.78 is 0. The van der Waals surface area contributed by atoms with Crippen molar-refractivity contribution in [3.05, 3.63) is 33.8 Å². The molecule has 1 saturated heterocycles. The molecule has 2 N–H and O–H groups in total. The standard InChI is InChI=1S/C15H22Cl2N2O/c16-12-4-5-14(17)13(10-12)15(20)11-18-6-3-9-19-7-1-2-8-19/h4-5,10,15,18,20H,1-3,6-9,11H2. The lowest BCUT2D eigenvalue weighted by molar-refractivity contribution is 0.174. The predicted molar refractivity (Wildman–Crippen MR) is 84.6 cm³/mol. The van der Waals surface area contributed by atoms with E-state index in [4.69, 9.17) is 23.2 Å². The summed E-state index contributed by atoms with van der Waals surface area (Å²) in [6, 6.07) is 5.17. The van der Waals surface area contributed by atoms with E-state index < -0.39 is 6.10 Å². The normalized spacial score (nSPS) is 17.6. The highest BCUT2D eigenvalue weighted by atomic mass is 35.5. The molecule has 0 radical (unpaired) electrons. The summed E-state index contributed by atoms with van der Waals surface area (Å²) in [5, 5.41) is 14.5. The van der Waals surface area contributed by atoms with Gasteiger partial charge in [0.15, 0.2) is 0 Å². The Hall–Kier alpha value is -0.320. The van der Waals surface area contributed by atoms with Gasteiger partial charge in [-0.1, -0.05) is 23.2 Å².